The van der Waals surface area contributed by atoms with Gasteiger partial charge in [0.15, 0.2) is 0 Å². The molecule has 2 heterocycles. The van der Waals surface area contributed by atoms with E-state index in [1.807, 2.05) is 23.6 Å². The molecule has 128 valence electrons. The summed E-state index contributed by atoms with van der Waals surface area (Å²) in [6.07, 6.45) is -0.790. The minimum absolute atomic E-state index is 0.0700. The summed E-state index contributed by atoms with van der Waals surface area (Å²) in [4.78, 5) is 1.12. The molecule has 0 bridgehead atoms. The van der Waals surface area contributed by atoms with E-state index in [1.165, 1.54) is 0 Å². The first-order valence-corrected chi connectivity index (χ1v) is 9.18. The van der Waals surface area contributed by atoms with E-state index < -0.39 is 12.2 Å². The van der Waals surface area contributed by atoms with Crippen LogP contribution in [0.15, 0.2) is 29.6 Å². The van der Waals surface area contributed by atoms with E-state index in [9.17, 15) is 10.2 Å². The van der Waals surface area contributed by atoms with Gasteiger partial charge in [-0.2, -0.15) is 0 Å². The fraction of sp³-hybridized carbons (Fsp3) is 0.412. The van der Waals surface area contributed by atoms with Crippen molar-refractivity contribution in [3.8, 4) is 5.75 Å². The molecule has 2 aromatic rings. The van der Waals surface area contributed by atoms with Crippen LogP contribution in [-0.4, -0.2) is 29.0 Å². The van der Waals surface area contributed by atoms with Gasteiger partial charge in [-0.25, -0.2) is 0 Å². The van der Waals surface area contributed by atoms with Crippen molar-refractivity contribution in [1.82, 2.24) is 5.32 Å². The molecular weight excluding hydrogens is 348 g/mol. The highest BCUT2D eigenvalue weighted by atomic mass is 35.5. The standard InChI is InChI=1S/C17H19ClN2O3S/c18-10-3-1-2-9-15(13(22)7-23-16(9)10)20-11-6-12(21)14(19)8-4-5-24-17(8)11/h1-5,11-15,20-22H,6-7,19H2. The molecule has 0 spiro atoms. The van der Waals surface area contributed by atoms with Crippen molar-refractivity contribution in [3.63, 3.8) is 0 Å². The van der Waals surface area contributed by atoms with Gasteiger partial charge in [0.05, 0.1) is 23.2 Å². The van der Waals surface area contributed by atoms with Gasteiger partial charge < -0.3 is 20.7 Å². The number of aliphatic hydroxyl groups is 2. The summed E-state index contributed by atoms with van der Waals surface area (Å²) >= 11 is 7.84. The summed E-state index contributed by atoms with van der Waals surface area (Å²) < 4.78 is 5.59. The average Bonchev–Trinajstić information content (AvgIpc) is 3.05. The number of nitrogens with two attached hydrogens (primary N) is 1. The van der Waals surface area contributed by atoms with Crippen molar-refractivity contribution < 1.29 is 14.9 Å². The summed E-state index contributed by atoms with van der Waals surface area (Å²) in [6.45, 7) is 0.181. The molecule has 5 atom stereocenters. The number of nitrogens with one attached hydrogen (secondary N) is 1. The first-order chi connectivity index (χ1) is 11.6. The zero-order valence-electron chi connectivity index (χ0n) is 12.9. The van der Waals surface area contributed by atoms with E-state index in [1.54, 1.807) is 17.4 Å². The molecule has 0 fully saturated rings. The quantitative estimate of drug-likeness (QED) is 0.655. The Hall–Kier alpha value is -1.15. The van der Waals surface area contributed by atoms with E-state index in [2.05, 4.69) is 5.32 Å². The van der Waals surface area contributed by atoms with Crippen LogP contribution in [0.4, 0.5) is 0 Å². The average molecular weight is 367 g/mol. The van der Waals surface area contributed by atoms with E-state index >= 15 is 0 Å². The Morgan fingerprint density at radius 3 is 2.88 bits per heavy atom. The van der Waals surface area contributed by atoms with Gasteiger partial charge in [-0.1, -0.05) is 23.7 Å². The second-order valence-corrected chi connectivity index (χ2v) is 7.66. The van der Waals surface area contributed by atoms with Crippen LogP contribution >= 0.6 is 22.9 Å². The van der Waals surface area contributed by atoms with E-state index in [-0.39, 0.29) is 24.7 Å². The molecule has 5 nitrogen and oxygen atoms in total. The number of aliphatic hydroxyl groups excluding tert-OH is 2. The number of fused-ring (bicyclic) bond motifs is 2. The lowest BCUT2D eigenvalue weighted by Gasteiger charge is -2.37. The third-order valence-corrected chi connectivity index (χ3v) is 6.13. The summed E-state index contributed by atoms with van der Waals surface area (Å²) in [5.74, 6) is 0.612. The second-order valence-electron chi connectivity index (χ2n) is 6.30. The number of hydrogen-bond donors (Lipinski definition) is 4. The van der Waals surface area contributed by atoms with E-state index in [0.29, 0.717) is 17.2 Å². The molecule has 1 aliphatic carbocycles. The Labute approximate surface area is 149 Å². The smallest absolute Gasteiger partial charge is 0.142 e. The molecule has 0 amide bonds. The number of halogens is 1. The van der Waals surface area contributed by atoms with Crippen LogP contribution in [0.2, 0.25) is 5.02 Å². The molecule has 1 aliphatic heterocycles. The molecule has 24 heavy (non-hydrogen) atoms. The maximum Gasteiger partial charge on any atom is 0.142 e. The third kappa shape index (κ3) is 2.63. The molecule has 0 saturated heterocycles. The maximum atomic E-state index is 10.4. The molecule has 2 aliphatic rings. The van der Waals surface area contributed by atoms with Crippen LogP contribution in [0.1, 0.15) is 40.6 Å². The third-order valence-electron chi connectivity index (χ3n) is 4.79. The Bertz CT molecular complexity index is 753. The molecule has 7 heteroatoms. The predicted octanol–water partition coefficient (Wildman–Crippen LogP) is 2.29. The fourth-order valence-electron chi connectivity index (χ4n) is 3.55. The van der Waals surface area contributed by atoms with Gasteiger partial charge in [-0.3, -0.25) is 5.32 Å². The van der Waals surface area contributed by atoms with E-state index in [0.717, 1.165) is 16.0 Å². The number of hydrogen-bond acceptors (Lipinski definition) is 6. The largest absolute Gasteiger partial charge is 0.489 e. The summed E-state index contributed by atoms with van der Waals surface area (Å²) in [5, 5.41) is 26.7. The normalized spacial score (nSPS) is 31.9. The molecule has 4 rings (SSSR count). The van der Waals surface area contributed by atoms with Crippen LogP contribution in [0.5, 0.6) is 5.75 Å². The van der Waals surface area contributed by atoms with Crippen LogP contribution in [0, 0.1) is 0 Å². The first-order valence-electron chi connectivity index (χ1n) is 7.92. The minimum Gasteiger partial charge on any atom is -0.489 e. The number of benzene rings is 1. The zero-order chi connectivity index (χ0) is 16.8. The number of rotatable bonds is 2. The highest BCUT2D eigenvalue weighted by Gasteiger charge is 2.37. The van der Waals surface area contributed by atoms with Gasteiger partial charge in [0, 0.05) is 16.5 Å². The number of thiophene rings is 1. The second kappa shape index (κ2) is 6.29. The summed E-state index contributed by atoms with van der Waals surface area (Å²) in [5.41, 5.74) is 7.91. The Morgan fingerprint density at radius 1 is 1.21 bits per heavy atom. The highest BCUT2D eigenvalue weighted by Crippen LogP contribution is 2.43. The highest BCUT2D eigenvalue weighted by molar-refractivity contribution is 7.10. The van der Waals surface area contributed by atoms with Crippen molar-refractivity contribution in [2.75, 3.05) is 6.61 Å². The molecule has 0 saturated carbocycles. The van der Waals surface area contributed by atoms with Gasteiger partial charge in [-0.05, 0) is 29.5 Å². The van der Waals surface area contributed by atoms with Crippen molar-refractivity contribution in [1.29, 1.82) is 0 Å². The van der Waals surface area contributed by atoms with Crippen LogP contribution in [0.3, 0.4) is 0 Å². The maximum absolute atomic E-state index is 10.4. The van der Waals surface area contributed by atoms with Crippen molar-refractivity contribution in [3.05, 3.63) is 50.7 Å². The summed E-state index contributed by atoms with van der Waals surface area (Å²) in [7, 11) is 0. The van der Waals surface area contributed by atoms with Crippen molar-refractivity contribution in [2.45, 2.75) is 36.8 Å². The summed E-state index contributed by atoms with van der Waals surface area (Å²) in [6, 6.07) is 6.75. The van der Waals surface area contributed by atoms with Crippen molar-refractivity contribution in [2.24, 2.45) is 5.73 Å². The van der Waals surface area contributed by atoms with Crippen LogP contribution in [-0.2, 0) is 0 Å². The minimum atomic E-state index is -0.688. The van der Waals surface area contributed by atoms with Gasteiger partial charge in [0.25, 0.3) is 0 Å². The van der Waals surface area contributed by atoms with Gasteiger partial charge >= 0.3 is 0 Å². The SMILES string of the molecule is NC1c2ccsc2C(NC2c3cccc(Cl)c3OCC2O)CC1O. The number of para-hydroxylation sites is 1. The zero-order valence-corrected chi connectivity index (χ0v) is 14.4. The fourth-order valence-corrected chi connectivity index (χ4v) is 4.81. The Balaban J connectivity index is 1.67. The lowest BCUT2D eigenvalue weighted by Crippen LogP contribution is -2.44. The molecule has 5 N–H and O–H groups in total. The van der Waals surface area contributed by atoms with Gasteiger partial charge in [0.2, 0.25) is 0 Å². The van der Waals surface area contributed by atoms with Gasteiger partial charge in [-0.15, -0.1) is 11.3 Å². The molecular formula is C17H19ClN2O3S. The Morgan fingerprint density at radius 2 is 2.04 bits per heavy atom. The van der Waals surface area contributed by atoms with Crippen LogP contribution < -0.4 is 15.8 Å². The van der Waals surface area contributed by atoms with Crippen molar-refractivity contribution >= 4 is 22.9 Å². The van der Waals surface area contributed by atoms with E-state index in [4.69, 9.17) is 22.1 Å². The molecule has 0 radical (unpaired) electrons. The lowest BCUT2D eigenvalue weighted by atomic mass is 9.87. The lowest BCUT2D eigenvalue weighted by molar-refractivity contribution is 0.0429. The first kappa shape index (κ1) is 16.3. The van der Waals surface area contributed by atoms with Gasteiger partial charge in [0.1, 0.15) is 18.5 Å². The molecule has 5 unspecified atom stereocenters. The monoisotopic (exact) mass is 366 g/mol. The number of ether oxygens (including phenoxy) is 1. The Kier molecular flexibility index (Phi) is 4.28. The predicted molar refractivity (Wildman–Crippen MR) is 93.4 cm³/mol. The molecule has 1 aromatic heterocycles. The molecule has 1 aromatic carbocycles. The van der Waals surface area contributed by atoms with Crippen LogP contribution in [0.25, 0.3) is 0 Å². The topological polar surface area (TPSA) is 87.7 Å².